The van der Waals surface area contributed by atoms with E-state index in [2.05, 4.69) is 0 Å². The lowest BCUT2D eigenvalue weighted by atomic mass is 10.1. The van der Waals surface area contributed by atoms with E-state index < -0.39 is 4.92 Å². The van der Waals surface area contributed by atoms with Gasteiger partial charge in [0.2, 0.25) is 11.9 Å². The van der Waals surface area contributed by atoms with Gasteiger partial charge in [-0.1, -0.05) is 0 Å². The van der Waals surface area contributed by atoms with E-state index in [1.807, 2.05) is 0 Å². The largest absolute Gasteiger partial charge is 0.287 e. The highest BCUT2D eigenvalue weighted by Gasteiger charge is 2.24. The molecule has 0 saturated heterocycles. The lowest BCUT2D eigenvalue weighted by Crippen LogP contribution is -2.35. The average Bonchev–Trinajstić information content (AvgIpc) is 1.99. The minimum atomic E-state index is -0.433. The maximum absolute atomic E-state index is 10.6. The molecule has 0 atom stereocenters. The van der Waals surface area contributed by atoms with Crippen LogP contribution in [0.1, 0.15) is 16.8 Å². The molecule has 0 amide bonds. The van der Waals surface area contributed by atoms with Crippen molar-refractivity contribution < 1.29 is 14.9 Å². The molecule has 1 aromatic heterocycles. The fraction of sp³-hybridized carbons (Fsp3) is 0.375. The predicted molar refractivity (Wildman–Crippen MR) is 44.7 cm³/mol. The Bertz CT molecular complexity index is 374. The van der Waals surface area contributed by atoms with Gasteiger partial charge in [0.1, 0.15) is 0 Å². The normalized spacial score (nSPS) is 10.1. The van der Waals surface area contributed by atoms with Crippen LogP contribution in [0.15, 0.2) is 6.20 Å². The Kier molecular flexibility index (Phi) is 2.18. The van der Waals surface area contributed by atoms with Gasteiger partial charge >= 0.3 is 0 Å². The first-order valence-electron chi connectivity index (χ1n) is 3.81. The van der Waals surface area contributed by atoms with Crippen LogP contribution in [0.3, 0.4) is 0 Å². The summed E-state index contributed by atoms with van der Waals surface area (Å²) in [4.78, 5) is 10.2. The van der Waals surface area contributed by atoms with Crippen LogP contribution in [0.2, 0.25) is 0 Å². The highest BCUT2D eigenvalue weighted by atomic mass is 16.6. The molecule has 0 aromatic carbocycles. The Morgan fingerprint density at radius 3 is 2.46 bits per heavy atom. The van der Waals surface area contributed by atoms with Crippen LogP contribution in [0.25, 0.3) is 0 Å². The van der Waals surface area contributed by atoms with Crippen LogP contribution in [-0.2, 0) is 0 Å². The monoisotopic (exact) mass is 183 g/mol. The van der Waals surface area contributed by atoms with E-state index in [0.29, 0.717) is 16.8 Å². The van der Waals surface area contributed by atoms with E-state index in [1.54, 1.807) is 20.8 Å². The molecule has 13 heavy (non-hydrogen) atoms. The van der Waals surface area contributed by atoms with E-state index in [0.717, 1.165) is 4.73 Å². The van der Waals surface area contributed by atoms with Crippen LogP contribution < -0.4 is 4.73 Å². The van der Waals surface area contributed by atoms with E-state index in [4.69, 9.17) is 0 Å². The highest BCUT2D eigenvalue weighted by Crippen LogP contribution is 2.22. The molecule has 5 nitrogen and oxygen atoms in total. The van der Waals surface area contributed by atoms with Gasteiger partial charge in [0.05, 0.1) is 16.1 Å². The Hall–Kier alpha value is -1.65. The first kappa shape index (κ1) is 9.44. The lowest BCUT2D eigenvalue weighted by molar-refractivity contribution is -0.909. The average molecular weight is 183 g/mol. The summed E-state index contributed by atoms with van der Waals surface area (Å²) < 4.78 is 0.900. The number of rotatable bonds is 1. The van der Waals surface area contributed by atoms with Crippen molar-refractivity contribution in [1.29, 1.82) is 0 Å². The van der Waals surface area contributed by atoms with Crippen molar-refractivity contribution in [2.75, 3.05) is 0 Å². The molecule has 1 N–H and O–H groups in total. The molecule has 1 rings (SSSR count). The van der Waals surface area contributed by atoms with Crippen molar-refractivity contribution in [3.63, 3.8) is 0 Å². The number of pyridine rings is 1. The quantitative estimate of drug-likeness (QED) is 0.306. The van der Waals surface area contributed by atoms with Gasteiger partial charge in [0.25, 0.3) is 5.69 Å². The summed E-state index contributed by atoms with van der Waals surface area (Å²) in [5.74, 6) is 0. The summed E-state index contributed by atoms with van der Waals surface area (Å²) >= 11 is 0. The Morgan fingerprint density at radius 1 is 1.46 bits per heavy atom. The summed E-state index contributed by atoms with van der Waals surface area (Å²) in [7, 11) is 0. The molecular formula is C8H11N2O3+. The summed E-state index contributed by atoms with van der Waals surface area (Å²) in [5, 5.41) is 19.9. The molecule has 0 saturated carbocycles. The van der Waals surface area contributed by atoms with Gasteiger partial charge < -0.3 is 0 Å². The van der Waals surface area contributed by atoms with E-state index >= 15 is 0 Å². The van der Waals surface area contributed by atoms with Crippen LogP contribution in [-0.4, -0.2) is 10.1 Å². The van der Waals surface area contributed by atoms with Gasteiger partial charge in [-0.25, -0.2) is 0 Å². The molecule has 0 aliphatic rings. The van der Waals surface area contributed by atoms with E-state index in [-0.39, 0.29) is 5.69 Å². The first-order chi connectivity index (χ1) is 5.95. The van der Waals surface area contributed by atoms with E-state index in [1.165, 1.54) is 6.20 Å². The van der Waals surface area contributed by atoms with E-state index in [9.17, 15) is 15.3 Å². The van der Waals surface area contributed by atoms with Gasteiger partial charge in [-0.2, -0.15) is 0 Å². The molecule has 0 unspecified atom stereocenters. The highest BCUT2D eigenvalue weighted by molar-refractivity contribution is 5.44. The minimum absolute atomic E-state index is 0.0720. The number of aryl methyl sites for hydroxylation is 1. The van der Waals surface area contributed by atoms with Crippen LogP contribution in [0.4, 0.5) is 5.69 Å². The summed E-state index contributed by atoms with van der Waals surface area (Å²) in [6.45, 7) is 4.84. The van der Waals surface area contributed by atoms with Crippen molar-refractivity contribution in [1.82, 2.24) is 0 Å². The summed E-state index contributed by atoms with van der Waals surface area (Å²) in [6.07, 6.45) is 1.33. The number of hydrogen-bond donors (Lipinski definition) is 1. The van der Waals surface area contributed by atoms with Crippen LogP contribution in [0, 0.1) is 30.9 Å². The minimum Gasteiger partial charge on any atom is -0.285 e. The second-order valence-corrected chi connectivity index (χ2v) is 2.97. The smallest absolute Gasteiger partial charge is 0.285 e. The number of nitro groups is 1. The van der Waals surface area contributed by atoms with Crippen molar-refractivity contribution in [2.24, 2.45) is 0 Å². The summed E-state index contributed by atoms with van der Waals surface area (Å²) in [6, 6.07) is 0. The number of hydrogen-bond acceptors (Lipinski definition) is 3. The zero-order chi connectivity index (χ0) is 10.2. The van der Waals surface area contributed by atoms with Gasteiger partial charge in [-0.15, -0.1) is 0 Å². The van der Waals surface area contributed by atoms with Crippen molar-refractivity contribution >= 4 is 5.69 Å². The van der Waals surface area contributed by atoms with Crippen molar-refractivity contribution in [3.05, 3.63) is 33.1 Å². The summed E-state index contributed by atoms with van der Waals surface area (Å²) in [5.41, 5.74) is 1.50. The molecule has 5 heteroatoms. The van der Waals surface area contributed by atoms with Crippen molar-refractivity contribution in [2.45, 2.75) is 20.8 Å². The lowest BCUT2D eigenvalue weighted by Gasteiger charge is -1.99. The molecule has 0 fully saturated rings. The van der Waals surface area contributed by atoms with Crippen LogP contribution >= 0.6 is 0 Å². The van der Waals surface area contributed by atoms with Gasteiger partial charge in [-0.3, -0.25) is 15.3 Å². The zero-order valence-corrected chi connectivity index (χ0v) is 7.74. The molecule has 70 valence electrons. The molecule has 0 aliphatic carbocycles. The van der Waals surface area contributed by atoms with Gasteiger partial charge in [-0.05, 0) is 13.8 Å². The van der Waals surface area contributed by atoms with Crippen molar-refractivity contribution in [3.8, 4) is 0 Å². The third kappa shape index (κ3) is 1.44. The third-order valence-electron chi connectivity index (χ3n) is 2.11. The van der Waals surface area contributed by atoms with Gasteiger partial charge in [0, 0.05) is 11.7 Å². The Balaban J connectivity index is 3.53. The zero-order valence-electron chi connectivity index (χ0n) is 7.74. The fourth-order valence-electron chi connectivity index (χ4n) is 1.26. The molecule has 0 aliphatic heterocycles. The molecule has 0 bridgehead atoms. The predicted octanol–water partition coefficient (Wildman–Crippen LogP) is 1.04. The maximum Gasteiger partial charge on any atom is 0.287 e. The molecule has 1 heterocycles. The standard InChI is InChI=1S/C8H11N2O3/c1-5-4-9(11)7(3)6(2)8(5)10(12)13/h4,11H,1-3H3/q+1. The molecule has 0 spiro atoms. The fourth-order valence-corrected chi connectivity index (χ4v) is 1.26. The van der Waals surface area contributed by atoms with Gasteiger partial charge in [0.15, 0.2) is 0 Å². The first-order valence-corrected chi connectivity index (χ1v) is 3.81. The molecule has 0 radical (unpaired) electrons. The molecular weight excluding hydrogens is 172 g/mol. The number of aromatic nitrogens is 1. The Morgan fingerprint density at radius 2 is 2.00 bits per heavy atom. The molecule has 1 aromatic rings. The SMILES string of the molecule is Cc1c[n+](O)c(C)c(C)c1[N+](=O)[O-]. The second-order valence-electron chi connectivity index (χ2n) is 2.97. The topological polar surface area (TPSA) is 67.2 Å². The Labute approximate surface area is 75.4 Å². The number of nitrogens with zero attached hydrogens (tertiary/aromatic N) is 2. The third-order valence-corrected chi connectivity index (χ3v) is 2.11. The second kappa shape index (κ2) is 3.01. The van der Waals surface area contributed by atoms with Crippen LogP contribution in [0.5, 0.6) is 0 Å². The maximum atomic E-state index is 10.6.